The molecule has 0 saturated heterocycles. The second-order valence-corrected chi connectivity index (χ2v) is 4.66. The minimum atomic E-state index is 0.771. The monoisotopic (exact) mass is 245 g/mol. The zero-order valence-electron chi connectivity index (χ0n) is 9.33. The van der Waals surface area contributed by atoms with Crippen LogP contribution in [0.3, 0.4) is 0 Å². The van der Waals surface area contributed by atoms with E-state index in [4.69, 9.17) is 4.52 Å². The number of imidazole rings is 1. The molecular formula is C12H11N3OS. The second-order valence-electron chi connectivity index (χ2n) is 3.72. The third-order valence-corrected chi connectivity index (χ3v) is 3.65. The summed E-state index contributed by atoms with van der Waals surface area (Å²) in [5.74, 6) is 0.771. The van der Waals surface area contributed by atoms with Crippen LogP contribution < -0.4 is 0 Å². The van der Waals surface area contributed by atoms with E-state index >= 15 is 0 Å². The molecule has 0 aliphatic rings. The Balaban J connectivity index is 1.88. The van der Waals surface area contributed by atoms with Crippen LogP contribution >= 0.6 is 11.8 Å². The van der Waals surface area contributed by atoms with Gasteiger partial charge in [-0.2, -0.15) is 0 Å². The number of rotatable bonds is 3. The first-order valence-electron chi connectivity index (χ1n) is 5.28. The zero-order chi connectivity index (χ0) is 11.7. The van der Waals surface area contributed by atoms with Crippen LogP contribution in [0.5, 0.6) is 0 Å². The Morgan fingerprint density at radius 2 is 2.18 bits per heavy atom. The van der Waals surface area contributed by atoms with E-state index < -0.39 is 0 Å². The van der Waals surface area contributed by atoms with Crippen LogP contribution in [0.2, 0.25) is 0 Å². The second kappa shape index (κ2) is 4.25. The van der Waals surface area contributed by atoms with Gasteiger partial charge in [-0.1, -0.05) is 29.1 Å². The van der Waals surface area contributed by atoms with Gasteiger partial charge < -0.3 is 9.09 Å². The van der Waals surface area contributed by atoms with E-state index in [9.17, 15) is 0 Å². The number of nitrogens with zero attached hydrogens (tertiary/aromatic N) is 3. The molecule has 3 rings (SSSR count). The van der Waals surface area contributed by atoms with Crippen LogP contribution in [-0.2, 0) is 12.8 Å². The van der Waals surface area contributed by atoms with Gasteiger partial charge >= 0.3 is 0 Å². The van der Waals surface area contributed by atoms with Gasteiger partial charge in [-0.3, -0.25) is 0 Å². The Hall–Kier alpha value is -1.75. The fraction of sp³-hybridized carbons (Fsp3) is 0.167. The first-order valence-corrected chi connectivity index (χ1v) is 6.26. The highest BCUT2D eigenvalue weighted by Crippen LogP contribution is 2.24. The number of para-hydroxylation sites is 2. The topological polar surface area (TPSA) is 43.9 Å². The van der Waals surface area contributed by atoms with Crippen molar-refractivity contribution in [3.63, 3.8) is 0 Å². The highest BCUT2D eigenvalue weighted by molar-refractivity contribution is 7.98. The molecule has 0 spiro atoms. The number of thioether (sulfide) groups is 1. The summed E-state index contributed by atoms with van der Waals surface area (Å²) in [5.41, 5.74) is 3.11. The summed E-state index contributed by atoms with van der Waals surface area (Å²) < 4.78 is 6.90. The molecule has 0 aliphatic carbocycles. The van der Waals surface area contributed by atoms with Crippen molar-refractivity contribution >= 4 is 22.8 Å². The molecule has 0 N–H and O–H groups in total. The minimum absolute atomic E-state index is 0.771. The quantitative estimate of drug-likeness (QED) is 0.665. The number of fused-ring (bicyclic) bond motifs is 1. The Labute approximate surface area is 103 Å². The van der Waals surface area contributed by atoms with Crippen LogP contribution in [0.4, 0.5) is 0 Å². The standard InChI is InChI=1S/C12H11N3OS/c1-15-11-5-3-2-4-10(11)13-12(15)17-8-9-6-7-16-14-9/h2-7H,8H2,1H3. The lowest BCUT2D eigenvalue weighted by Crippen LogP contribution is -1.91. The highest BCUT2D eigenvalue weighted by atomic mass is 32.2. The van der Waals surface area contributed by atoms with Gasteiger partial charge in [0.2, 0.25) is 0 Å². The molecule has 0 amide bonds. The molecule has 2 heterocycles. The van der Waals surface area contributed by atoms with Gasteiger partial charge in [0, 0.05) is 18.9 Å². The van der Waals surface area contributed by atoms with Crippen molar-refractivity contribution in [2.75, 3.05) is 0 Å². The summed E-state index contributed by atoms with van der Waals surface area (Å²) in [5, 5.41) is 4.88. The normalized spacial score (nSPS) is 11.1. The third-order valence-electron chi connectivity index (χ3n) is 2.59. The Morgan fingerprint density at radius 3 is 2.94 bits per heavy atom. The maximum absolute atomic E-state index is 4.80. The van der Waals surface area contributed by atoms with Gasteiger partial charge in [-0.15, -0.1) is 0 Å². The maximum atomic E-state index is 4.80. The van der Waals surface area contributed by atoms with Crippen LogP contribution in [0, 0.1) is 0 Å². The van der Waals surface area contributed by atoms with Crippen LogP contribution in [0.25, 0.3) is 11.0 Å². The Kier molecular flexibility index (Phi) is 2.60. The molecule has 0 fully saturated rings. The van der Waals surface area contributed by atoms with Crippen molar-refractivity contribution < 1.29 is 4.52 Å². The first-order chi connectivity index (χ1) is 8.34. The van der Waals surface area contributed by atoms with E-state index in [0.29, 0.717) is 0 Å². The molecule has 0 aliphatic heterocycles. The molecule has 0 unspecified atom stereocenters. The van der Waals surface area contributed by atoms with Gasteiger partial charge in [-0.05, 0) is 12.1 Å². The van der Waals surface area contributed by atoms with Crippen molar-refractivity contribution in [3.05, 3.63) is 42.3 Å². The van der Waals surface area contributed by atoms with Crippen molar-refractivity contribution in [2.45, 2.75) is 10.9 Å². The van der Waals surface area contributed by atoms with Crippen molar-refractivity contribution in [1.29, 1.82) is 0 Å². The Bertz CT molecular complexity index is 630. The van der Waals surface area contributed by atoms with Gasteiger partial charge in [0.1, 0.15) is 6.26 Å². The van der Waals surface area contributed by atoms with Crippen LogP contribution in [0.15, 0.2) is 46.3 Å². The minimum Gasteiger partial charge on any atom is -0.364 e. The summed E-state index contributed by atoms with van der Waals surface area (Å²) in [6.45, 7) is 0. The zero-order valence-corrected chi connectivity index (χ0v) is 10.1. The molecule has 0 bridgehead atoms. The molecule has 1 aromatic carbocycles. The number of hydrogen-bond donors (Lipinski definition) is 0. The predicted octanol–water partition coefficient (Wildman–Crippen LogP) is 2.85. The smallest absolute Gasteiger partial charge is 0.169 e. The average molecular weight is 245 g/mol. The van der Waals surface area contributed by atoms with E-state index in [-0.39, 0.29) is 0 Å². The number of benzene rings is 1. The molecule has 2 aromatic heterocycles. The summed E-state index contributed by atoms with van der Waals surface area (Å²) in [6.07, 6.45) is 1.59. The van der Waals surface area contributed by atoms with Crippen LogP contribution in [0.1, 0.15) is 5.69 Å². The summed E-state index contributed by atoms with van der Waals surface area (Å²) in [4.78, 5) is 4.58. The van der Waals surface area contributed by atoms with Gasteiger partial charge in [0.05, 0.1) is 16.7 Å². The largest absolute Gasteiger partial charge is 0.364 e. The third kappa shape index (κ3) is 1.93. The first kappa shape index (κ1) is 10.4. The molecule has 86 valence electrons. The lowest BCUT2D eigenvalue weighted by Gasteiger charge is -1.99. The molecule has 5 heteroatoms. The molecule has 0 saturated carbocycles. The fourth-order valence-electron chi connectivity index (χ4n) is 1.70. The van der Waals surface area contributed by atoms with Crippen molar-refractivity contribution in [1.82, 2.24) is 14.7 Å². The average Bonchev–Trinajstić information content (AvgIpc) is 2.96. The summed E-state index contributed by atoms with van der Waals surface area (Å²) >= 11 is 1.66. The Morgan fingerprint density at radius 1 is 1.29 bits per heavy atom. The SMILES string of the molecule is Cn1c(SCc2ccon2)nc2ccccc21. The summed E-state index contributed by atoms with van der Waals surface area (Å²) in [6, 6.07) is 9.99. The van der Waals surface area contributed by atoms with E-state index in [1.54, 1.807) is 18.0 Å². The lowest BCUT2D eigenvalue weighted by atomic mass is 10.3. The molecule has 0 radical (unpaired) electrons. The van der Waals surface area contributed by atoms with Crippen LogP contribution in [-0.4, -0.2) is 14.7 Å². The maximum Gasteiger partial charge on any atom is 0.169 e. The van der Waals surface area contributed by atoms with Crippen molar-refractivity contribution in [2.24, 2.45) is 7.05 Å². The van der Waals surface area contributed by atoms with E-state index in [1.807, 2.05) is 31.3 Å². The molecule has 17 heavy (non-hydrogen) atoms. The van der Waals surface area contributed by atoms with E-state index in [0.717, 1.165) is 27.6 Å². The molecule has 3 aromatic rings. The fourth-order valence-corrected chi connectivity index (χ4v) is 2.58. The summed E-state index contributed by atoms with van der Waals surface area (Å²) in [7, 11) is 2.03. The number of aromatic nitrogens is 3. The number of aryl methyl sites for hydroxylation is 1. The number of hydrogen-bond acceptors (Lipinski definition) is 4. The molecule has 0 atom stereocenters. The highest BCUT2D eigenvalue weighted by Gasteiger charge is 2.08. The van der Waals surface area contributed by atoms with Crippen molar-refractivity contribution in [3.8, 4) is 0 Å². The van der Waals surface area contributed by atoms with E-state index in [1.165, 1.54) is 0 Å². The van der Waals surface area contributed by atoms with Gasteiger partial charge in [-0.25, -0.2) is 4.98 Å². The van der Waals surface area contributed by atoms with Gasteiger partial charge in [0.25, 0.3) is 0 Å². The molecule has 4 nitrogen and oxygen atoms in total. The molecular weight excluding hydrogens is 234 g/mol. The predicted molar refractivity (Wildman–Crippen MR) is 66.8 cm³/mol. The lowest BCUT2D eigenvalue weighted by molar-refractivity contribution is 0.414. The van der Waals surface area contributed by atoms with Gasteiger partial charge in [0.15, 0.2) is 5.16 Å². The van der Waals surface area contributed by atoms with E-state index in [2.05, 4.69) is 20.8 Å².